The van der Waals surface area contributed by atoms with Crippen molar-refractivity contribution in [2.75, 3.05) is 0 Å². The van der Waals surface area contributed by atoms with Crippen LogP contribution < -0.4 is 0 Å². The molecule has 1 saturated carbocycles. The fourth-order valence-corrected chi connectivity index (χ4v) is 5.28. The number of carbonyl (C=O) groups excluding carboxylic acids is 1. The zero-order valence-electron chi connectivity index (χ0n) is 14.5. The molecule has 1 unspecified atom stereocenters. The lowest BCUT2D eigenvalue weighted by atomic mass is 10.1. The van der Waals surface area contributed by atoms with Crippen molar-refractivity contribution >= 4 is 36.4 Å². The lowest BCUT2D eigenvalue weighted by Crippen LogP contribution is -2.39. The number of hydrogen-bond acceptors (Lipinski definition) is 5. The van der Waals surface area contributed by atoms with Crippen LogP contribution in [0.15, 0.2) is 46.0 Å². The average Bonchev–Trinajstić information content (AvgIpc) is 3.11. The summed E-state index contributed by atoms with van der Waals surface area (Å²) in [5.41, 5.74) is 0.926. The fraction of sp³-hybridized carbons (Fsp3) is 0.400. The van der Waals surface area contributed by atoms with E-state index < -0.39 is 0 Å². The average molecular weight is 387 g/mol. The summed E-state index contributed by atoms with van der Waals surface area (Å²) in [6.07, 6.45) is 12.5. The van der Waals surface area contributed by atoms with Crippen LogP contribution in [0.5, 0.6) is 0 Å². The molecule has 1 aliphatic carbocycles. The van der Waals surface area contributed by atoms with E-state index in [9.17, 15) is 4.79 Å². The number of aromatic nitrogens is 1. The molecule has 2 aromatic heterocycles. The van der Waals surface area contributed by atoms with Crippen LogP contribution in [0.25, 0.3) is 17.4 Å². The summed E-state index contributed by atoms with van der Waals surface area (Å²) in [5.74, 6) is 1.52. The minimum Gasteiger partial charge on any atom is -0.457 e. The van der Waals surface area contributed by atoms with Crippen molar-refractivity contribution in [3.05, 3.63) is 47.3 Å². The molecule has 4 rings (SSSR count). The molecule has 1 atom stereocenters. The maximum absolute atomic E-state index is 12.9. The van der Waals surface area contributed by atoms with Gasteiger partial charge in [0.2, 0.25) is 0 Å². The molecule has 0 N–H and O–H groups in total. The van der Waals surface area contributed by atoms with E-state index in [-0.39, 0.29) is 10.6 Å². The fourth-order valence-electron chi connectivity index (χ4n) is 3.65. The molecule has 1 saturated heterocycles. The Bertz CT molecular complexity index is 795. The van der Waals surface area contributed by atoms with E-state index in [0.717, 1.165) is 24.2 Å². The third-order valence-corrected chi connectivity index (χ3v) is 6.53. The van der Waals surface area contributed by atoms with Gasteiger partial charge in [-0.15, -0.1) is 12.6 Å². The first-order chi connectivity index (χ1) is 12.7. The van der Waals surface area contributed by atoms with Gasteiger partial charge in [0.15, 0.2) is 0 Å². The van der Waals surface area contributed by atoms with Gasteiger partial charge in [-0.2, -0.15) is 0 Å². The Balaban J connectivity index is 1.53. The molecule has 0 bridgehead atoms. The van der Waals surface area contributed by atoms with E-state index in [1.165, 1.54) is 37.4 Å². The van der Waals surface area contributed by atoms with Crippen LogP contribution in [0, 0.1) is 0 Å². The highest BCUT2D eigenvalue weighted by Gasteiger charge is 2.38. The van der Waals surface area contributed by atoms with Crippen LogP contribution >= 0.6 is 24.4 Å². The van der Waals surface area contributed by atoms with Gasteiger partial charge in [0.25, 0.3) is 5.91 Å². The number of pyridine rings is 1. The smallest absolute Gasteiger partial charge is 0.262 e. The Morgan fingerprint density at radius 1 is 1.19 bits per heavy atom. The first-order valence-electron chi connectivity index (χ1n) is 9.12. The first-order valence-corrected chi connectivity index (χ1v) is 10.5. The van der Waals surface area contributed by atoms with Crippen molar-refractivity contribution in [2.45, 2.75) is 49.3 Å². The Morgan fingerprint density at radius 3 is 2.73 bits per heavy atom. The molecule has 4 nitrogen and oxygen atoms in total. The minimum absolute atomic E-state index is 0.0845. The predicted octanol–water partition coefficient (Wildman–Crippen LogP) is 5.19. The molecule has 0 radical (unpaired) electrons. The van der Waals surface area contributed by atoms with E-state index in [1.807, 2.05) is 35.2 Å². The van der Waals surface area contributed by atoms with E-state index >= 15 is 0 Å². The number of hydrogen-bond donors (Lipinski definition) is 1. The number of amides is 1. The molecule has 2 fully saturated rings. The number of rotatable bonds is 3. The first kappa shape index (κ1) is 17.7. The van der Waals surface area contributed by atoms with Gasteiger partial charge in [-0.1, -0.05) is 37.4 Å². The van der Waals surface area contributed by atoms with Gasteiger partial charge in [-0.25, -0.2) is 0 Å². The van der Waals surface area contributed by atoms with Gasteiger partial charge in [-0.05, 0) is 37.1 Å². The Labute approximate surface area is 163 Å². The second-order valence-electron chi connectivity index (χ2n) is 6.75. The van der Waals surface area contributed by atoms with E-state index in [1.54, 1.807) is 12.4 Å². The summed E-state index contributed by atoms with van der Waals surface area (Å²) in [7, 11) is 0. The molecule has 26 heavy (non-hydrogen) atoms. The van der Waals surface area contributed by atoms with Gasteiger partial charge in [0.1, 0.15) is 16.2 Å². The molecule has 136 valence electrons. The highest BCUT2D eigenvalue weighted by Crippen LogP contribution is 2.41. The quantitative estimate of drug-likeness (QED) is 0.448. The number of nitrogens with zero attached hydrogens (tertiary/aromatic N) is 2. The van der Waals surface area contributed by atoms with Gasteiger partial charge in [0, 0.05) is 30.1 Å². The highest BCUT2D eigenvalue weighted by molar-refractivity contribution is 8.14. The molecular formula is C20H22N2O2S2. The van der Waals surface area contributed by atoms with Crippen molar-refractivity contribution in [3.63, 3.8) is 0 Å². The molecular weight excluding hydrogens is 364 g/mol. The third-order valence-electron chi connectivity index (χ3n) is 4.98. The van der Waals surface area contributed by atoms with E-state index in [4.69, 9.17) is 4.42 Å². The SMILES string of the molecule is O=C1/C(=C/c2ccc(-c3cccnc3)o2)SC(S)N1C1CCCCCC1. The second-order valence-corrected chi connectivity index (χ2v) is 8.71. The van der Waals surface area contributed by atoms with Crippen molar-refractivity contribution in [1.82, 2.24) is 9.88 Å². The minimum atomic E-state index is -0.107. The zero-order chi connectivity index (χ0) is 17.9. The van der Waals surface area contributed by atoms with Gasteiger partial charge < -0.3 is 9.32 Å². The van der Waals surface area contributed by atoms with Crippen molar-refractivity contribution in [3.8, 4) is 11.3 Å². The largest absolute Gasteiger partial charge is 0.457 e. The highest BCUT2D eigenvalue weighted by atomic mass is 32.2. The van der Waals surface area contributed by atoms with Crippen LogP contribution in [-0.4, -0.2) is 26.5 Å². The normalized spacial score (nSPS) is 23.6. The van der Waals surface area contributed by atoms with Crippen LogP contribution in [0.2, 0.25) is 0 Å². The Morgan fingerprint density at radius 2 is 2.00 bits per heavy atom. The number of thiol groups is 1. The third kappa shape index (κ3) is 3.71. The lowest BCUT2D eigenvalue weighted by molar-refractivity contribution is -0.127. The summed E-state index contributed by atoms with van der Waals surface area (Å²) in [6.45, 7) is 0. The number of furan rings is 1. The molecule has 0 spiro atoms. The standard InChI is InChI=1S/C20H22N2O2S2/c23-19-18(26-20(25)22(19)15-7-3-1-2-4-8-15)12-16-9-10-17(24-16)14-6-5-11-21-13-14/h5-6,9-13,15,20,25H,1-4,7-8H2/b18-12-. The summed E-state index contributed by atoms with van der Waals surface area (Å²) in [5, 5.41) is 0. The molecule has 0 aromatic carbocycles. The van der Waals surface area contributed by atoms with Gasteiger partial charge in [-0.3, -0.25) is 9.78 Å². The summed E-state index contributed by atoms with van der Waals surface area (Å²) >= 11 is 6.18. The maximum atomic E-state index is 12.9. The zero-order valence-corrected chi connectivity index (χ0v) is 16.2. The van der Waals surface area contributed by atoms with Crippen molar-refractivity contribution < 1.29 is 9.21 Å². The van der Waals surface area contributed by atoms with Gasteiger partial charge in [0.05, 0.1) is 4.91 Å². The van der Waals surface area contributed by atoms with Crippen molar-refractivity contribution in [1.29, 1.82) is 0 Å². The summed E-state index contributed by atoms with van der Waals surface area (Å²) in [6, 6.07) is 7.95. The molecule has 2 aliphatic rings. The Kier molecular flexibility index (Phi) is 5.41. The van der Waals surface area contributed by atoms with Crippen LogP contribution in [-0.2, 0) is 4.79 Å². The number of thioether (sulfide) groups is 1. The van der Waals surface area contributed by atoms with E-state index in [2.05, 4.69) is 17.6 Å². The monoisotopic (exact) mass is 386 g/mol. The molecule has 1 aliphatic heterocycles. The summed E-state index contributed by atoms with van der Waals surface area (Å²) in [4.78, 5) is 19.7. The Hall–Kier alpha value is -1.66. The second kappa shape index (κ2) is 7.92. The lowest BCUT2D eigenvalue weighted by Gasteiger charge is -2.29. The van der Waals surface area contributed by atoms with Gasteiger partial charge >= 0.3 is 0 Å². The maximum Gasteiger partial charge on any atom is 0.262 e. The summed E-state index contributed by atoms with van der Waals surface area (Å²) < 4.78 is 5.78. The number of carbonyl (C=O) groups is 1. The molecule has 2 aromatic rings. The van der Waals surface area contributed by atoms with Crippen molar-refractivity contribution in [2.24, 2.45) is 0 Å². The predicted molar refractivity (Wildman–Crippen MR) is 109 cm³/mol. The molecule has 1 amide bonds. The van der Waals surface area contributed by atoms with Crippen LogP contribution in [0.4, 0.5) is 0 Å². The van der Waals surface area contributed by atoms with Crippen LogP contribution in [0.1, 0.15) is 44.3 Å². The van der Waals surface area contributed by atoms with Crippen LogP contribution in [0.3, 0.4) is 0 Å². The topological polar surface area (TPSA) is 46.3 Å². The molecule has 6 heteroatoms. The molecule has 3 heterocycles. The van der Waals surface area contributed by atoms with E-state index in [0.29, 0.717) is 16.7 Å².